The standard InChI is InChI=1S/C15H20N4O/c1-11(2)19-10-17-8-13(19)9-18-14-6-4-3-5-12(14)7-15(16)20/h3-6,8,10-11,18H,7,9H2,1-2H3,(H2,16,20). The van der Waals surface area contributed by atoms with Crippen molar-refractivity contribution in [2.45, 2.75) is 32.9 Å². The summed E-state index contributed by atoms with van der Waals surface area (Å²) in [6.07, 6.45) is 3.92. The summed E-state index contributed by atoms with van der Waals surface area (Å²) in [4.78, 5) is 15.3. The number of nitrogens with two attached hydrogens (primary N) is 1. The molecule has 2 aromatic rings. The lowest BCUT2D eigenvalue weighted by Crippen LogP contribution is -2.15. The molecule has 5 heteroatoms. The summed E-state index contributed by atoms with van der Waals surface area (Å²) in [7, 11) is 0. The van der Waals surface area contributed by atoms with Crippen LogP contribution in [0.15, 0.2) is 36.8 Å². The van der Waals surface area contributed by atoms with Gasteiger partial charge in [0.25, 0.3) is 0 Å². The number of imidazole rings is 1. The Hall–Kier alpha value is -2.30. The predicted molar refractivity (Wildman–Crippen MR) is 79.3 cm³/mol. The third-order valence-corrected chi connectivity index (χ3v) is 3.14. The van der Waals surface area contributed by atoms with Crippen molar-refractivity contribution in [3.8, 4) is 0 Å². The number of carbonyl (C=O) groups is 1. The fraction of sp³-hybridized carbons (Fsp3) is 0.333. The van der Waals surface area contributed by atoms with Crippen LogP contribution in [0.25, 0.3) is 0 Å². The summed E-state index contributed by atoms with van der Waals surface area (Å²) in [6, 6.07) is 8.07. The highest BCUT2D eigenvalue weighted by Gasteiger charge is 2.08. The minimum absolute atomic E-state index is 0.243. The predicted octanol–water partition coefficient (Wildman–Crippen LogP) is 2.10. The normalized spacial score (nSPS) is 10.8. The number of aromatic nitrogens is 2. The van der Waals surface area contributed by atoms with Crippen molar-refractivity contribution in [1.29, 1.82) is 0 Å². The second-order valence-electron chi connectivity index (χ2n) is 5.04. The quantitative estimate of drug-likeness (QED) is 0.845. The van der Waals surface area contributed by atoms with Crippen molar-refractivity contribution in [3.05, 3.63) is 48.0 Å². The van der Waals surface area contributed by atoms with Crippen LogP contribution in [-0.2, 0) is 17.8 Å². The zero-order chi connectivity index (χ0) is 14.5. The first-order valence-electron chi connectivity index (χ1n) is 6.68. The van der Waals surface area contributed by atoms with E-state index < -0.39 is 0 Å². The summed E-state index contributed by atoms with van der Waals surface area (Å²) in [5.74, 6) is -0.327. The van der Waals surface area contributed by atoms with Crippen LogP contribution in [-0.4, -0.2) is 15.5 Å². The highest BCUT2D eigenvalue weighted by Crippen LogP contribution is 2.17. The topological polar surface area (TPSA) is 72.9 Å². The van der Waals surface area contributed by atoms with Crippen molar-refractivity contribution in [1.82, 2.24) is 9.55 Å². The summed E-state index contributed by atoms with van der Waals surface area (Å²) in [5, 5.41) is 3.35. The molecule has 20 heavy (non-hydrogen) atoms. The number of carbonyl (C=O) groups excluding carboxylic acids is 1. The molecule has 2 rings (SSSR count). The number of benzene rings is 1. The molecular formula is C15H20N4O. The van der Waals surface area contributed by atoms with E-state index in [9.17, 15) is 4.79 Å². The van der Waals surface area contributed by atoms with Crippen LogP contribution in [0.5, 0.6) is 0 Å². The van der Waals surface area contributed by atoms with Gasteiger partial charge in [-0.05, 0) is 25.5 Å². The number of para-hydroxylation sites is 1. The highest BCUT2D eigenvalue weighted by molar-refractivity contribution is 5.78. The Morgan fingerprint density at radius 3 is 2.85 bits per heavy atom. The van der Waals surface area contributed by atoms with E-state index in [1.165, 1.54) is 0 Å². The molecule has 0 spiro atoms. The van der Waals surface area contributed by atoms with E-state index in [0.29, 0.717) is 12.6 Å². The largest absolute Gasteiger partial charge is 0.379 e. The number of nitrogens with zero attached hydrogens (tertiary/aromatic N) is 2. The molecular weight excluding hydrogens is 252 g/mol. The molecule has 0 aliphatic rings. The van der Waals surface area contributed by atoms with E-state index in [1.54, 1.807) is 0 Å². The molecule has 5 nitrogen and oxygen atoms in total. The number of hydrogen-bond donors (Lipinski definition) is 2. The Balaban J connectivity index is 2.11. The summed E-state index contributed by atoms with van der Waals surface area (Å²) >= 11 is 0. The van der Waals surface area contributed by atoms with Gasteiger partial charge < -0.3 is 15.6 Å². The number of anilines is 1. The molecule has 1 aromatic heterocycles. The molecule has 1 heterocycles. The van der Waals surface area contributed by atoms with Crippen LogP contribution in [0.3, 0.4) is 0 Å². The molecule has 0 unspecified atom stereocenters. The van der Waals surface area contributed by atoms with Gasteiger partial charge in [-0.25, -0.2) is 4.98 Å². The van der Waals surface area contributed by atoms with Crippen LogP contribution in [0.4, 0.5) is 5.69 Å². The molecule has 0 bridgehead atoms. The van der Waals surface area contributed by atoms with E-state index in [2.05, 4.69) is 28.7 Å². The van der Waals surface area contributed by atoms with E-state index in [4.69, 9.17) is 5.73 Å². The number of nitrogens with one attached hydrogen (secondary N) is 1. The molecule has 0 radical (unpaired) electrons. The van der Waals surface area contributed by atoms with Gasteiger partial charge in [0.2, 0.25) is 5.91 Å². The van der Waals surface area contributed by atoms with Gasteiger partial charge >= 0.3 is 0 Å². The minimum atomic E-state index is -0.327. The molecule has 0 atom stereocenters. The van der Waals surface area contributed by atoms with Crippen molar-refractivity contribution in [2.24, 2.45) is 5.73 Å². The maximum absolute atomic E-state index is 11.1. The number of amides is 1. The summed E-state index contributed by atoms with van der Waals surface area (Å²) in [6.45, 7) is 4.90. The van der Waals surface area contributed by atoms with E-state index in [0.717, 1.165) is 16.9 Å². The lowest BCUT2D eigenvalue weighted by atomic mass is 10.1. The number of primary amides is 1. The molecule has 106 valence electrons. The van der Waals surface area contributed by atoms with Crippen molar-refractivity contribution >= 4 is 11.6 Å². The summed E-state index contributed by atoms with van der Waals surface area (Å²) < 4.78 is 2.11. The molecule has 3 N–H and O–H groups in total. The number of hydrogen-bond acceptors (Lipinski definition) is 3. The second kappa shape index (κ2) is 6.23. The van der Waals surface area contributed by atoms with E-state index >= 15 is 0 Å². The fourth-order valence-corrected chi connectivity index (χ4v) is 2.15. The zero-order valence-electron chi connectivity index (χ0n) is 11.8. The zero-order valence-corrected chi connectivity index (χ0v) is 11.8. The van der Waals surface area contributed by atoms with E-state index in [-0.39, 0.29) is 12.3 Å². The van der Waals surface area contributed by atoms with Crippen LogP contribution in [0.2, 0.25) is 0 Å². The van der Waals surface area contributed by atoms with Gasteiger partial charge in [0.05, 0.1) is 25.0 Å². The van der Waals surface area contributed by atoms with Crippen LogP contribution in [0.1, 0.15) is 31.1 Å². The van der Waals surface area contributed by atoms with E-state index in [1.807, 2.05) is 36.8 Å². The van der Waals surface area contributed by atoms with Crippen molar-refractivity contribution < 1.29 is 4.79 Å². The highest BCUT2D eigenvalue weighted by atomic mass is 16.1. The van der Waals surface area contributed by atoms with Crippen LogP contribution in [0, 0.1) is 0 Å². The Morgan fingerprint density at radius 1 is 1.40 bits per heavy atom. The third kappa shape index (κ3) is 3.38. The van der Waals surface area contributed by atoms with Gasteiger partial charge in [-0.15, -0.1) is 0 Å². The van der Waals surface area contributed by atoms with Gasteiger partial charge in [-0.2, -0.15) is 0 Å². The Bertz CT molecular complexity index is 589. The molecule has 0 saturated carbocycles. The smallest absolute Gasteiger partial charge is 0.221 e. The Labute approximate surface area is 118 Å². The minimum Gasteiger partial charge on any atom is -0.379 e. The number of rotatable bonds is 6. The monoisotopic (exact) mass is 272 g/mol. The van der Waals surface area contributed by atoms with Crippen LogP contribution >= 0.6 is 0 Å². The van der Waals surface area contributed by atoms with Gasteiger partial charge in [-0.3, -0.25) is 4.79 Å². The molecule has 1 aromatic carbocycles. The third-order valence-electron chi connectivity index (χ3n) is 3.14. The molecule has 1 amide bonds. The molecule has 0 fully saturated rings. The molecule has 0 saturated heterocycles. The first-order valence-corrected chi connectivity index (χ1v) is 6.68. The van der Waals surface area contributed by atoms with Gasteiger partial charge in [0.1, 0.15) is 0 Å². The van der Waals surface area contributed by atoms with Crippen LogP contribution < -0.4 is 11.1 Å². The maximum atomic E-state index is 11.1. The van der Waals surface area contributed by atoms with Gasteiger partial charge in [-0.1, -0.05) is 18.2 Å². The Morgan fingerprint density at radius 2 is 2.15 bits per heavy atom. The SMILES string of the molecule is CC(C)n1cncc1CNc1ccccc1CC(N)=O. The van der Waals surface area contributed by atoms with Crippen molar-refractivity contribution in [2.75, 3.05) is 5.32 Å². The van der Waals surface area contributed by atoms with Gasteiger partial charge in [0, 0.05) is 17.9 Å². The van der Waals surface area contributed by atoms with Gasteiger partial charge in [0.15, 0.2) is 0 Å². The fourth-order valence-electron chi connectivity index (χ4n) is 2.15. The second-order valence-corrected chi connectivity index (χ2v) is 5.04. The average molecular weight is 272 g/mol. The lowest BCUT2D eigenvalue weighted by Gasteiger charge is -2.14. The average Bonchev–Trinajstić information content (AvgIpc) is 2.85. The van der Waals surface area contributed by atoms with Crippen molar-refractivity contribution in [3.63, 3.8) is 0 Å². The first-order chi connectivity index (χ1) is 9.58. The molecule has 0 aliphatic carbocycles. The lowest BCUT2D eigenvalue weighted by molar-refractivity contribution is -0.117. The summed E-state index contributed by atoms with van der Waals surface area (Å²) in [5.41, 5.74) is 8.22. The molecule has 0 aliphatic heterocycles. The first kappa shape index (κ1) is 14.1. The maximum Gasteiger partial charge on any atom is 0.221 e. The Kier molecular flexibility index (Phi) is 4.40.